The largest absolute Gasteiger partial charge is 0.339 e. The summed E-state index contributed by atoms with van der Waals surface area (Å²) in [4.78, 5) is 27.3. The van der Waals surface area contributed by atoms with Gasteiger partial charge in [0.2, 0.25) is 11.8 Å². The molecule has 2 amide bonds. The van der Waals surface area contributed by atoms with Gasteiger partial charge in [0.15, 0.2) is 0 Å². The molecule has 2 aliphatic rings. The number of anilines is 1. The van der Waals surface area contributed by atoms with Crippen molar-refractivity contribution in [2.24, 2.45) is 17.8 Å². The van der Waals surface area contributed by atoms with Crippen molar-refractivity contribution in [2.75, 3.05) is 11.9 Å². The van der Waals surface area contributed by atoms with Gasteiger partial charge in [0.1, 0.15) is 0 Å². The van der Waals surface area contributed by atoms with Crippen LogP contribution in [0, 0.1) is 17.8 Å². The number of hydrogen-bond acceptors (Lipinski definition) is 2. The Kier molecular flexibility index (Phi) is 5.45. The summed E-state index contributed by atoms with van der Waals surface area (Å²) in [5, 5.41) is 3.05. The Morgan fingerprint density at radius 3 is 2.76 bits per heavy atom. The topological polar surface area (TPSA) is 49.4 Å². The van der Waals surface area contributed by atoms with Crippen LogP contribution in [-0.2, 0) is 16.0 Å². The summed E-state index contributed by atoms with van der Waals surface area (Å²) in [7, 11) is 0. The molecule has 1 aromatic rings. The standard InChI is InChI=1S/C21H30N2O2/c1-4-16-9-5-6-10-18(16)22-21(25)17-12-20(24)23(13-17)19-11-7-8-14(2)15(19)3/h5-6,9-10,14-15,17,19H,4,7-8,11-13H2,1-3H3,(H,22,25)/t14-,15-,17+,19-/m0/s1. The van der Waals surface area contributed by atoms with Crippen LogP contribution >= 0.6 is 0 Å². The van der Waals surface area contributed by atoms with E-state index in [1.54, 1.807) is 0 Å². The minimum Gasteiger partial charge on any atom is -0.339 e. The fourth-order valence-electron chi connectivity index (χ4n) is 4.41. The van der Waals surface area contributed by atoms with E-state index >= 15 is 0 Å². The highest BCUT2D eigenvalue weighted by Gasteiger charge is 2.41. The maximum Gasteiger partial charge on any atom is 0.229 e. The fourth-order valence-corrected chi connectivity index (χ4v) is 4.41. The van der Waals surface area contributed by atoms with Crippen molar-refractivity contribution in [3.8, 4) is 0 Å². The first-order chi connectivity index (χ1) is 12.0. The Morgan fingerprint density at radius 1 is 1.24 bits per heavy atom. The zero-order valence-corrected chi connectivity index (χ0v) is 15.6. The van der Waals surface area contributed by atoms with Crippen LogP contribution < -0.4 is 5.32 Å². The van der Waals surface area contributed by atoms with E-state index in [0.29, 0.717) is 30.8 Å². The normalized spacial score (nSPS) is 29.7. The third-order valence-corrected chi connectivity index (χ3v) is 6.25. The molecule has 1 heterocycles. The highest BCUT2D eigenvalue weighted by molar-refractivity contribution is 5.97. The predicted molar refractivity (Wildman–Crippen MR) is 100 cm³/mol. The zero-order chi connectivity index (χ0) is 18.0. The monoisotopic (exact) mass is 342 g/mol. The van der Waals surface area contributed by atoms with Crippen LogP contribution in [0.2, 0.25) is 0 Å². The molecule has 136 valence electrons. The molecular formula is C21H30N2O2. The summed E-state index contributed by atoms with van der Waals surface area (Å²) in [6.45, 7) is 7.19. The number of para-hydroxylation sites is 1. The number of rotatable bonds is 4. The second-order valence-electron chi connectivity index (χ2n) is 7.78. The van der Waals surface area contributed by atoms with Gasteiger partial charge in [-0.3, -0.25) is 9.59 Å². The molecule has 0 unspecified atom stereocenters. The summed E-state index contributed by atoms with van der Waals surface area (Å²) < 4.78 is 0. The van der Waals surface area contributed by atoms with Crippen LogP contribution in [0.5, 0.6) is 0 Å². The van der Waals surface area contributed by atoms with Gasteiger partial charge in [0.25, 0.3) is 0 Å². The Hall–Kier alpha value is -1.84. The highest BCUT2D eigenvalue weighted by atomic mass is 16.2. The van der Waals surface area contributed by atoms with E-state index in [2.05, 4.69) is 26.1 Å². The van der Waals surface area contributed by atoms with E-state index in [-0.39, 0.29) is 17.7 Å². The second kappa shape index (κ2) is 7.59. The van der Waals surface area contributed by atoms with Gasteiger partial charge >= 0.3 is 0 Å². The smallest absolute Gasteiger partial charge is 0.229 e. The van der Waals surface area contributed by atoms with Gasteiger partial charge in [-0.15, -0.1) is 0 Å². The van der Waals surface area contributed by atoms with Crippen molar-refractivity contribution >= 4 is 17.5 Å². The highest BCUT2D eigenvalue weighted by Crippen LogP contribution is 2.36. The molecular weight excluding hydrogens is 312 g/mol. The van der Waals surface area contributed by atoms with Gasteiger partial charge < -0.3 is 10.2 Å². The van der Waals surface area contributed by atoms with Gasteiger partial charge in [-0.2, -0.15) is 0 Å². The molecule has 2 fully saturated rings. The fraction of sp³-hybridized carbons (Fsp3) is 0.619. The van der Waals surface area contributed by atoms with Crippen LogP contribution in [-0.4, -0.2) is 29.3 Å². The molecule has 0 spiro atoms. The van der Waals surface area contributed by atoms with Crippen molar-refractivity contribution in [2.45, 2.75) is 58.9 Å². The lowest BCUT2D eigenvalue weighted by atomic mass is 9.77. The molecule has 4 atom stereocenters. The maximum absolute atomic E-state index is 12.7. The first-order valence-electron chi connectivity index (χ1n) is 9.69. The molecule has 1 aromatic carbocycles. The Bertz CT molecular complexity index is 643. The van der Waals surface area contributed by atoms with E-state index < -0.39 is 0 Å². The van der Waals surface area contributed by atoms with E-state index in [0.717, 1.165) is 24.1 Å². The summed E-state index contributed by atoms with van der Waals surface area (Å²) in [6.07, 6.45) is 4.73. The van der Waals surface area contributed by atoms with Crippen molar-refractivity contribution in [3.05, 3.63) is 29.8 Å². The van der Waals surface area contributed by atoms with Crippen LogP contribution in [0.25, 0.3) is 0 Å². The molecule has 0 bridgehead atoms. The molecule has 1 aliphatic carbocycles. The lowest BCUT2D eigenvalue weighted by molar-refractivity contribution is -0.131. The molecule has 25 heavy (non-hydrogen) atoms. The minimum absolute atomic E-state index is 0.0201. The number of benzene rings is 1. The summed E-state index contributed by atoms with van der Waals surface area (Å²) >= 11 is 0. The quantitative estimate of drug-likeness (QED) is 0.903. The molecule has 1 N–H and O–H groups in total. The van der Waals surface area contributed by atoms with Crippen LogP contribution in [0.1, 0.15) is 52.0 Å². The number of carbonyl (C=O) groups excluding carboxylic acids is 2. The summed E-state index contributed by atoms with van der Waals surface area (Å²) in [6, 6.07) is 8.20. The first-order valence-corrected chi connectivity index (χ1v) is 9.69. The van der Waals surface area contributed by atoms with Gasteiger partial charge in [-0.25, -0.2) is 0 Å². The SMILES string of the molecule is CCc1ccccc1NC(=O)[C@@H]1CC(=O)N([C@H]2CCC[C@H](C)[C@@H]2C)C1. The number of nitrogens with zero attached hydrogens (tertiary/aromatic N) is 1. The average Bonchev–Trinajstić information content (AvgIpc) is 2.99. The number of carbonyl (C=O) groups is 2. The third-order valence-electron chi connectivity index (χ3n) is 6.25. The van der Waals surface area contributed by atoms with E-state index in [4.69, 9.17) is 0 Å². The van der Waals surface area contributed by atoms with Gasteiger partial charge in [-0.05, 0) is 36.3 Å². The zero-order valence-electron chi connectivity index (χ0n) is 15.6. The Labute approximate surface area is 151 Å². The molecule has 1 saturated heterocycles. The number of aryl methyl sites for hydroxylation is 1. The van der Waals surface area contributed by atoms with Crippen LogP contribution in [0.3, 0.4) is 0 Å². The van der Waals surface area contributed by atoms with Gasteiger partial charge in [0, 0.05) is 24.7 Å². The van der Waals surface area contributed by atoms with Gasteiger partial charge in [0.05, 0.1) is 5.92 Å². The van der Waals surface area contributed by atoms with E-state index in [1.165, 1.54) is 12.8 Å². The van der Waals surface area contributed by atoms with E-state index in [1.807, 2.05) is 29.2 Å². The number of amides is 2. The maximum atomic E-state index is 12.7. The molecule has 3 rings (SSSR count). The molecule has 4 nitrogen and oxygen atoms in total. The summed E-state index contributed by atoms with van der Waals surface area (Å²) in [5.41, 5.74) is 2.01. The molecule has 1 saturated carbocycles. The van der Waals surface area contributed by atoms with Crippen LogP contribution in [0.15, 0.2) is 24.3 Å². The second-order valence-corrected chi connectivity index (χ2v) is 7.78. The van der Waals surface area contributed by atoms with Crippen molar-refractivity contribution in [1.29, 1.82) is 0 Å². The third kappa shape index (κ3) is 3.73. The van der Waals surface area contributed by atoms with Crippen molar-refractivity contribution in [1.82, 2.24) is 4.90 Å². The molecule has 4 heteroatoms. The minimum atomic E-state index is -0.234. The first kappa shape index (κ1) is 18.0. The van der Waals surface area contributed by atoms with Crippen LogP contribution in [0.4, 0.5) is 5.69 Å². The molecule has 0 aromatic heterocycles. The number of likely N-dealkylation sites (tertiary alicyclic amines) is 1. The summed E-state index contributed by atoms with van der Waals surface area (Å²) in [5.74, 6) is 1.06. The lowest BCUT2D eigenvalue weighted by Crippen LogP contribution is -2.45. The predicted octanol–water partition coefficient (Wildman–Crippen LogP) is 3.86. The average molecular weight is 342 g/mol. The Balaban J connectivity index is 1.66. The van der Waals surface area contributed by atoms with Crippen molar-refractivity contribution < 1.29 is 9.59 Å². The lowest BCUT2D eigenvalue weighted by Gasteiger charge is -2.40. The van der Waals surface area contributed by atoms with E-state index in [9.17, 15) is 9.59 Å². The number of hydrogen-bond donors (Lipinski definition) is 1. The van der Waals surface area contributed by atoms with Crippen molar-refractivity contribution in [3.63, 3.8) is 0 Å². The Morgan fingerprint density at radius 2 is 2.00 bits per heavy atom. The number of nitrogens with one attached hydrogen (secondary N) is 1. The molecule has 0 radical (unpaired) electrons. The van der Waals surface area contributed by atoms with Gasteiger partial charge in [-0.1, -0.05) is 51.8 Å². The molecule has 1 aliphatic heterocycles.